The van der Waals surface area contributed by atoms with Gasteiger partial charge in [0.1, 0.15) is 11.4 Å². The first-order chi connectivity index (χ1) is 13.5. The summed E-state index contributed by atoms with van der Waals surface area (Å²) in [6.45, 7) is 4.14. The fourth-order valence-electron chi connectivity index (χ4n) is 2.27. The molecule has 2 aromatic heterocycles. The van der Waals surface area contributed by atoms with E-state index in [2.05, 4.69) is 25.8 Å². The summed E-state index contributed by atoms with van der Waals surface area (Å²) in [6, 6.07) is 8.93. The van der Waals surface area contributed by atoms with Crippen molar-refractivity contribution in [3.63, 3.8) is 0 Å². The molecular weight excluding hydrogens is 423 g/mol. The first-order valence-electron chi connectivity index (χ1n) is 8.25. The molecule has 0 spiro atoms. The molecule has 1 N–H and O–H groups in total. The van der Waals surface area contributed by atoms with Crippen molar-refractivity contribution in [1.82, 2.24) is 25.2 Å². The second-order valence-corrected chi connectivity index (χ2v) is 7.25. The molecule has 146 valence electrons. The molecular formula is C17H16Cl2N6O2S. The first-order valence-corrected chi connectivity index (χ1v) is 9.99. The van der Waals surface area contributed by atoms with E-state index in [1.165, 1.54) is 16.4 Å². The summed E-state index contributed by atoms with van der Waals surface area (Å²) in [4.78, 5) is 16.5. The Labute approximate surface area is 175 Å². The lowest BCUT2D eigenvalue weighted by Crippen LogP contribution is -2.16. The van der Waals surface area contributed by atoms with E-state index in [1.54, 1.807) is 13.0 Å². The lowest BCUT2D eigenvalue weighted by Gasteiger charge is -2.11. The number of carbonyl (C=O) groups is 1. The molecule has 8 nitrogen and oxygen atoms in total. The number of halogens is 2. The zero-order chi connectivity index (χ0) is 20.1. The van der Waals surface area contributed by atoms with Crippen molar-refractivity contribution in [3.8, 4) is 11.4 Å². The molecule has 3 aromatic rings. The molecule has 3 rings (SSSR count). The third kappa shape index (κ3) is 4.73. The number of anilines is 1. The van der Waals surface area contributed by atoms with Crippen LogP contribution < -0.4 is 10.1 Å². The van der Waals surface area contributed by atoms with E-state index < -0.39 is 0 Å². The van der Waals surface area contributed by atoms with E-state index in [0.29, 0.717) is 33.9 Å². The van der Waals surface area contributed by atoms with Gasteiger partial charge in [0.2, 0.25) is 11.1 Å². The average molecular weight is 439 g/mol. The van der Waals surface area contributed by atoms with Crippen molar-refractivity contribution < 1.29 is 9.53 Å². The van der Waals surface area contributed by atoms with Crippen molar-refractivity contribution in [2.24, 2.45) is 0 Å². The molecule has 1 aromatic carbocycles. The van der Waals surface area contributed by atoms with Crippen LogP contribution in [0.25, 0.3) is 5.69 Å². The van der Waals surface area contributed by atoms with Crippen molar-refractivity contribution in [2.45, 2.75) is 19.0 Å². The topological polar surface area (TPSA) is 94.8 Å². The Morgan fingerprint density at radius 1 is 1.29 bits per heavy atom. The molecule has 0 unspecified atom stereocenters. The second-order valence-electron chi connectivity index (χ2n) is 5.50. The van der Waals surface area contributed by atoms with Gasteiger partial charge >= 0.3 is 0 Å². The number of aromatic nitrogens is 5. The molecule has 0 bridgehead atoms. The number of thioether (sulfide) groups is 1. The quantitative estimate of drug-likeness (QED) is 0.560. The number of pyridine rings is 1. The summed E-state index contributed by atoms with van der Waals surface area (Å²) in [5.74, 6) is 0.678. The van der Waals surface area contributed by atoms with Crippen molar-refractivity contribution >= 4 is 46.7 Å². The van der Waals surface area contributed by atoms with Crippen LogP contribution >= 0.6 is 35.0 Å². The Morgan fingerprint density at radius 2 is 2.07 bits per heavy atom. The third-order valence-electron chi connectivity index (χ3n) is 3.53. The number of aryl methyl sites for hydroxylation is 1. The van der Waals surface area contributed by atoms with Crippen LogP contribution in [0.3, 0.4) is 0 Å². The second kappa shape index (κ2) is 9.22. The van der Waals surface area contributed by atoms with Crippen molar-refractivity contribution in [1.29, 1.82) is 0 Å². The SMILES string of the molecule is CCOc1ccccc1-n1nnnc1SCC(=O)Nc1nc(C)c(Cl)cc1Cl. The zero-order valence-corrected chi connectivity index (χ0v) is 17.3. The highest BCUT2D eigenvalue weighted by molar-refractivity contribution is 7.99. The van der Waals surface area contributed by atoms with Gasteiger partial charge in [-0.1, -0.05) is 47.1 Å². The van der Waals surface area contributed by atoms with E-state index >= 15 is 0 Å². The summed E-state index contributed by atoms with van der Waals surface area (Å²) in [5, 5.41) is 15.5. The Bertz CT molecular complexity index is 998. The molecule has 0 aliphatic rings. The lowest BCUT2D eigenvalue weighted by molar-refractivity contribution is -0.113. The Hall–Kier alpha value is -2.36. The van der Waals surface area contributed by atoms with Crippen LogP contribution in [-0.2, 0) is 4.79 Å². The Kier molecular flexibility index (Phi) is 6.71. The van der Waals surface area contributed by atoms with E-state index in [0.717, 1.165) is 0 Å². The van der Waals surface area contributed by atoms with Crippen LogP contribution in [-0.4, -0.2) is 43.5 Å². The minimum Gasteiger partial charge on any atom is -0.492 e. The van der Waals surface area contributed by atoms with Crippen LogP contribution in [0.4, 0.5) is 5.82 Å². The molecule has 0 atom stereocenters. The number of nitrogens with one attached hydrogen (secondary N) is 1. The molecule has 28 heavy (non-hydrogen) atoms. The van der Waals surface area contributed by atoms with Gasteiger partial charge in [0.15, 0.2) is 5.82 Å². The number of carbonyl (C=O) groups excluding carboxylic acids is 1. The summed E-state index contributed by atoms with van der Waals surface area (Å²) < 4.78 is 7.14. The fraction of sp³-hybridized carbons (Fsp3) is 0.235. The third-order valence-corrected chi connectivity index (χ3v) is 5.12. The van der Waals surface area contributed by atoms with E-state index in [1.807, 2.05) is 31.2 Å². The summed E-state index contributed by atoms with van der Waals surface area (Å²) >= 11 is 13.2. The highest BCUT2D eigenvalue weighted by atomic mass is 35.5. The van der Waals surface area contributed by atoms with Gasteiger partial charge < -0.3 is 10.1 Å². The standard InChI is InChI=1S/C17H16Cl2N6O2S/c1-3-27-14-7-5-4-6-13(14)25-17(22-23-24-25)28-9-15(26)21-16-12(19)8-11(18)10(2)20-16/h4-8H,3,9H2,1-2H3,(H,20,21,26). The smallest absolute Gasteiger partial charge is 0.236 e. The number of hydrogen-bond donors (Lipinski definition) is 1. The number of nitrogens with zero attached hydrogens (tertiary/aromatic N) is 5. The maximum atomic E-state index is 12.3. The number of tetrazole rings is 1. The van der Waals surface area contributed by atoms with Crippen molar-refractivity contribution in [3.05, 3.63) is 46.1 Å². The van der Waals surface area contributed by atoms with Crippen LogP contribution in [0, 0.1) is 6.92 Å². The molecule has 0 fully saturated rings. The van der Waals surface area contributed by atoms with Crippen LogP contribution in [0.5, 0.6) is 5.75 Å². The maximum absolute atomic E-state index is 12.3. The number of para-hydroxylation sites is 2. The lowest BCUT2D eigenvalue weighted by atomic mass is 10.3. The molecule has 0 saturated carbocycles. The Balaban J connectivity index is 1.71. The Morgan fingerprint density at radius 3 is 2.86 bits per heavy atom. The summed E-state index contributed by atoms with van der Waals surface area (Å²) in [5.41, 5.74) is 1.26. The van der Waals surface area contributed by atoms with Crippen LogP contribution in [0.1, 0.15) is 12.6 Å². The zero-order valence-electron chi connectivity index (χ0n) is 15.0. The molecule has 0 saturated heterocycles. The molecule has 2 heterocycles. The van der Waals surface area contributed by atoms with Crippen LogP contribution in [0.15, 0.2) is 35.5 Å². The minimum atomic E-state index is -0.297. The van der Waals surface area contributed by atoms with E-state index in [-0.39, 0.29) is 22.5 Å². The van der Waals surface area contributed by atoms with E-state index in [4.69, 9.17) is 27.9 Å². The number of ether oxygens (including phenoxy) is 1. The van der Waals surface area contributed by atoms with Crippen molar-refractivity contribution in [2.75, 3.05) is 17.7 Å². The first kappa shape index (κ1) is 20.4. The maximum Gasteiger partial charge on any atom is 0.236 e. The van der Waals surface area contributed by atoms with Gasteiger partial charge in [-0.3, -0.25) is 4.79 Å². The van der Waals surface area contributed by atoms with Gasteiger partial charge in [0, 0.05) is 0 Å². The fourth-order valence-corrected chi connectivity index (χ4v) is 3.36. The van der Waals surface area contributed by atoms with Gasteiger partial charge in [-0.05, 0) is 42.5 Å². The summed E-state index contributed by atoms with van der Waals surface area (Å²) in [7, 11) is 0. The molecule has 11 heteroatoms. The molecule has 0 radical (unpaired) electrons. The number of rotatable bonds is 7. The monoisotopic (exact) mass is 438 g/mol. The largest absolute Gasteiger partial charge is 0.492 e. The van der Waals surface area contributed by atoms with Gasteiger partial charge in [-0.2, -0.15) is 4.68 Å². The van der Waals surface area contributed by atoms with E-state index in [9.17, 15) is 4.79 Å². The van der Waals surface area contributed by atoms with Crippen LogP contribution in [0.2, 0.25) is 10.0 Å². The number of benzene rings is 1. The van der Waals surface area contributed by atoms with Gasteiger partial charge in [0.25, 0.3) is 0 Å². The number of amides is 1. The van der Waals surface area contributed by atoms with Gasteiger partial charge in [-0.25, -0.2) is 4.98 Å². The average Bonchev–Trinajstić information content (AvgIpc) is 3.13. The number of hydrogen-bond acceptors (Lipinski definition) is 7. The van der Waals surface area contributed by atoms with Gasteiger partial charge in [0.05, 0.1) is 28.1 Å². The van der Waals surface area contributed by atoms with Gasteiger partial charge in [-0.15, -0.1) is 5.10 Å². The highest BCUT2D eigenvalue weighted by Crippen LogP contribution is 2.27. The normalized spacial score (nSPS) is 10.7. The minimum absolute atomic E-state index is 0.0663. The predicted octanol–water partition coefficient (Wildman–Crippen LogP) is 3.80. The molecule has 0 aliphatic heterocycles. The highest BCUT2D eigenvalue weighted by Gasteiger charge is 2.16. The summed E-state index contributed by atoms with van der Waals surface area (Å²) in [6.07, 6.45) is 0. The molecule has 0 aliphatic carbocycles. The predicted molar refractivity (Wildman–Crippen MR) is 109 cm³/mol. The molecule has 1 amide bonds.